The first-order valence-electron chi connectivity index (χ1n) is 9.67. The number of carbonyl (C=O) groups excluding carboxylic acids is 2. The van der Waals surface area contributed by atoms with Gasteiger partial charge in [-0.3, -0.25) is 9.59 Å². The summed E-state index contributed by atoms with van der Waals surface area (Å²) in [5.41, 5.74) is 2.58. The molecule has 2 N–H and O–H groups in total. The normalized spacial score (nSPS) is 10.2. The van der Waals surface area contributed by atoms with Crippen LogP contribution in [-0.2, 0) is 11.4 Å². The van der Waals surface area contributed by atoms with E-state index in [1.807, 2.05) is 37.3 Å². The van der Waals surface area contributed by atoms with Gasteiger partial charge in [0.1, 0.15) is 18.1 Å². The number of benzene rings is 3. The lowest BCUT2D eigenvalue weighted by Gasteiger charge is -2.13. The fraction of sp³-hybridized carbons (Fsp3) is 0.167. The zero-order chi connectivity index (χ0) is 21.3. The number of hydrogen-bond acceptors (Lipinski definition) is 4. The summed E-state index contributed by atoms with van der Waals surface area (Å²) in [5, 5.41) is 5.55. The summed E-state index contributed by atoms with van der Waals surface area (Å²) in [6.07, 6.45) is 0. The lowest BCUT2D eigenvalue weighted by molar-refractivity contribution is -0.114. The summed E-state index contributed by atoms with van der Waals surface area (Å²) in [4.78, 5) is 23.8. The van der Waals surface area contributed by atoms with Gasteiger partial charge in [0.15, 0.2) is 0 Å². The van der Waals surface area contributed by atoms with Gasteiger partial charge in [0.2, 0.25) is 5.91 Å². The lowest BCUT2D eigenvalue weighted by Crippen LogP contribution is -2.13. The molecular weight excluding hydrogens is 380 g/mol. The minimum atomic E-state index is -0.244. The molecule has 0 saturated carbocycles. The van der Waals surface area contributed by atoms with Crippen molar-refractivity contribution in [3.8, 4) is 11.5 Å². The second-order valence-electron chi connectivity index (χ2n) is 6.57. The van der Waals surface area contributed by atoms with Crippen LogP contribution in [-0.4, -0.2) is 18.4 Å². The van der Waals surface area contributed by atoms with Crippen LogP contribution in [0.3, 0.4) is 0 Å². The molecule has 154 valence electrons. The minimum absolute atomic E-state index is 0.147. The highest BCUT2D eigenvalue weighted by Crippen LogP contribution is 2.23. The molecule has 3 rings (SSSR count). The van der Waals surface area contributed by atoms with E-state index in [0.717, 1.165) is 11.3 Å². The van der Waals surface area contributed by atoms with Crippen molar-refractivity contribution in [3.05, 3.63) is 83.9 Å². The topological polar surface area (TPSA) is 76.7 Å². The van der Waals surface area contributed by atoms with Crippen molar-refractivity contribution in [3.63, 3.8) is 0 Å². The number of rotatable bonds is 8. The Morgan fingerprint density at radius 2 is 1.50 bits per heavy atom. The van der Waals surface area contributed by atoms with Crippen molar-refractivity contribution in [2.75, 3.05) is 17.2 Å². The molecule has 0 atom stereocenters. The third-order valence-corrected chi connectivity index (χ3v) is 4.22. The van der Waals surface area contributed by atoms with Gasteiger partial charge in [0.05, 0.1) is 6.61 Å². The summed E-state index contributed by atoms with van der Waals surface area (Å²) in [7, 11) is 0. The summed E-state index contributed by atoms with van der Waals surface area (Å²) in [6, 6.07) is 21.7. The molecule has 0 spiro atoms. The molecule has 0 radical (unpaired) electrons. The van der Waals surface area contributed by atoms with Gasteiger partial charge in [-0.15, -0.1) is 0 Å². The van der Waals surface area contributed by atoms with Crippen LogP contribution in [0.4, 0.5) is 11.4 Å². The zero-order valence-corrected chi connectivity index (χ0v) is 17.0. The van der Waals surface area contributed by atoms with E-state index in [0.29, 0.717) is 29.3 Å². The SMILES string of the molecule is CCOc1ccc(C(=O)Nc2ccc(NC(C)=O)cc2)cc1COc1ccccc1. The fourth-order valence-corrected chi connectivity index (χ4v) is 2.85. The number of hydrogen-bond donors (Lipinski definition) is 2. The van der Waals surface area contributed by atoms with Crippen LogP contribution in [0.5, 0.6) is 11.5 Å². The first-order chi connectivity index (χ1) is 14.5. The molecule has 0 aliphatic rings. The lowest BCUT2D eigenvalue weighted by atomic mass is 10.1. The average Bonchev–Trinajstić information content (AvgIpc) is 2.75. The van der Waals surface area contributed by atoms with Gasteiger partial charge in [-0.05, 0) is 61.5 Å². The maximum Gasteiger partial charge on any atom is 0.255 e. The summed E-state index contributed by atoms with van der Waals surface area (Å²) in [5.74, 6) is 1.04. The van der Waals surface area contributed by atoms with Crippen LogP contribution in [0.1, 0.15) is 29.8 Å². The predicted octanol–water partition coefficient (Wildman–Crippen LogP) is 4.88. The smallest absolute Gasteiger partial charge is 0.255 e. The van der Waals surface area contributed by atoms with Crippen molar-refractivity contribution in [2.24, 2.45) is 0 Å². The Kier molecular flexibility index (Phi) is 7.05. The first kappa shape index (κ1) is 20.9. The predicted molar refractivity (Wildman–Crippen MR) is 117 cm³/mol. The molecule has 0 heterocycles. The summed E-state index contributed by atoms with van der Waals surface area (Å²) in [6.45, 7) is 4.16. The number of para-hydroxylation sites is 1. The fourth-order valence-electron chi connectivity index (χ4n) is 2.85. The number of nitrogens with one attached hydrogen (secondary N) is 2. The van der Waals surface area contributed by atoms with Gasteiger partial charge in [-0.2, -0.15) is 0 Å². The van der Waals surface area contributed by atoms with E-state index in [-0.39, 0.29) is 18.4 Å². The molecule has 3 aromatic carbocycles. The van der Waals surface area contributed by atoms with Gasteiger partial charge >= 0.3 is 0 Å². The highest BCUT2D eigenvalue weighted by atomic mass is 16.5. The molecule has 0 unspecified atom stereocenters. The van der Waals surface area contributed by atoms with E-state index < -0.39 is 0 Å². The molecule has 0 fully saturated rings. The third-order valence-electron chi connectivity index (χ3n) is 4.22. The first-order valence-corrected chi connectivity index (χ1v) is 9.67. The Bertz CT molecular complexity index is 1000. The van der Waals surface area contributed by atoms with Gasteiger partial charge in [0.25, 0.3) is 5.91 Å². The van der Waals surface area contributed by atoms with Crippen LogP contribution in [0.15, 0.2) is 72.8 Å². The Labute approximate surface area is 175 Å². The van der Waals surface area contributed by atoms with Crippen molar-refractivity contribution in [1.82, 2.24) is 0 Å². The Hall–Kier alpha value is -3.80. The monoisotopic (exact) mass is 404 g/mol. The quantitative estimate of drug-likeness (QED) is 0.561. The molecule has 0 bridgehead atoms. The van der Waals surface area contributed by atoms with E-state index in [4.69, 9.17) is 9.47 Å². The Balaban J connectivity index is 1.72. The number of carbonyl (C=O) groups is 2. The summed E-state index contributed by atoms with van der Waals surface area (Å²) < 4.78 is 11.5. The van der Waals surface area contributed by atoms with Crippen LogP contribution < -0.4 is 20.1 Å². The second-order valence-corrected chi connectivity index (χ2v) is 6.57. The van der Waals surface area contributed by atoms with Gasteiger partial charge in [0, 0.05) is 29.4 Å². The molecule has 6 nitrogen and oxygen atoms in total. The molecule has 3 aromatic rings. The van der Waals surface area contributed by atoms with Crippen LogP contribution >= 0.6 is 0 Å². The van der Waals surface area contributed by atoms with Gasteiger partial charge < -0.3 is 20.1 Å². The molecule has 0 aliphatic heterocycles. The summed E-state index contributed by atoms with van der Waals surface area (Å²) >= 11 is 0. The molecular formula is C24H24N2O4. The molecule has 6 heteroatoms. The zero-order valence-electron chi connectivity index (χ0n) is 17.0. The van der Waals surface area contributed by atoms with Crippen LogP contribution in [0.2, 0.25) is 0 Å². The van der Waals surface area contributed by atoms with Crippen molar-refractivity contribution in [2.45, 2.75) is 20.5 Å². The maximum absolute atomic E-state index is 12.7. The molecule has 2 amide bonds. The van der Waals surface area contributed by atoms with E-state index in [1.54, 1.807) is 42.5 Å². The Morgan fingerprint density at radius 3 is 2.13 bits per heavy atom. The van der Waals surface area contributed by atoms with Crippen LogP contribution in [0, 0.1) is 0 Å². The van der Waals surface area contributed by atoms with E-state index in [9.17, 15) is 9.59 Å². The standard InChI is InChI=1S/C24H24N2O4/c1-3-29-23-14-9-18(15-19(23)16-30-22-7-5-4-6-8-22)24(28)26-21-12-10-20(11-13-21)25-17(2)27/h4-15H,3,16H2,1-2H3,(H,25,27)(H,26,28). The second kappa shape index (κ2) is 10.1. The molecule has 0 aromatic heterocycles. The highest BCUT2D eigenvalue weighted by Gasteiger charge is 2.12. The van der Waals surface area contributed by atoms with E-state index >= 15 is 0 Å². The number of ether oxygens (including phenoxy) is 2. The average molecular weight is 404 g/mol. The molecule has 30 heavy (non-hydrogen) atoms. The maximum atomic E-state index is 12.7. The number of anilines is 2. The highest BCUT2D eigenvalue weighted by molar-refractivity contribution is 6.04. The van der Waals surface area contributed by atoms with Crippen molar-refractivity contribution < 1.29 is 19.1 Å². The van der Waals surface area contributed by atoms with Crippen molar-refractivity contribution >= 4 is 23.2 Å². The third kappa shape index (κ3) is 5.85. The molecule has 0 saturated heterocycles. The Morgan fingerprint density at radius 1 is 0.833 bits per heavy atom. The molecule has 0 aliphatic carbocycles. The largest absolute Gasteiger partial charge is 0.493 e. The van der Waals surface area contributed by atoms with Gasteiger partial charge in [-0.25, -0.2) is 0 Å². The van der Waals surface area contributed by atoms with E-state index in [1.165, 1.54) is 6.92 Å². The van der Waals surface area contributed by atoms with E-state index in [2.05, 4.69) is 10.6 Å². The minimum Gasteiger partial charge on any atom is -0.493 e. The van der Waals surface area contributed by atoms with Crippen molar-refractivity contribution in [1.29, 1.82) is 0 Å². The van der Waals surface area contributed by atoms with Gasteiger partial charge in [-0.1, -0.05) is 18.2 Å². The van der Waals surface area contributed by atoms with Crippen LogP contribution in [0.25, 0.3) is 0 Å². The number of amides is 2.